The highest BCUT2D eigenvalue weighted by atomic mass is 16.5. The summed E-state index contributed by atoms with van der Waals surface area (Å²) < 4.78 is 4.80. The molecule has 4 rings (SSSR count). The fourth-order valence-electron chi connectivity index (χ4n) is 6.47. The maximum Gasteiger partial charge on any atom is 0.245 e. The Morgan fingerprint density at radius 1 is 0.627 bits per heavy atom. The summed E-state index contributed by atoms with van der Waals surface area (Å²) in [5.41, 5.74) is 10.2. The molecule has 0 saturated carbocycles. The van der Waals surface area contributed by atoms with Crippen molar-refractivity contribution in [2.45, 2.75) is 89.6 Å². The highest BCUT2D eigenvalue weighted by Gasteiger charge is 2.24. The van der Waals surface area contributed by atoms with Crippen molar-refractivity contribution in [3.63, 3.8) is 0 Å². The molecule has 0 aromatic carbocycles. The summed E-state index contributed by atoms with van der Waals surface area (Å²) in [4.78, 5) is 73.7. The number of hydrogen-bond donors (Lipinski definition) is 4. The number of carbonyl (C=O) groups is 4. The highest BCUT2D eigenvalue weighted by Crippen LogP contribution is 2.13. The van der Waals surface area contributed by atoms with Gasteiger partial charge in [-0.3, -0.25) is 48.9 Å². The van der Waals surface area contributed by atoms with Crippen molar-refractivity contribution in [1.29, 1.82) is 0 Å². The van der Waals surface area contributed by atoms with E-state index in [2.05, 4.69) is 45.7 Å². The van der Waals surface area contributed by atoms with Crippen molar-refractivity contribution in [1.82, 2.24) is 45.7 Å². The lowest BCUT2D eigenvalue weighted by Gasteiger charge is -2.24. The summed E-state index contributed by atoms with van der Waals surface area (Å²) in [6.07, 6.45) is 11.4. The van der Waals surface area contributed by atoms with E-state index < -0.39 is 23.9 Å². The number of carbonyl (C=O) groups excluding carboxylic acids is 4. The third-order valence-corrected chi connectivity index (χ3v) is 9.56. The number of ether oxygens (including phenoxy) is 1. The van der Waals surface area contributed by atoms with Gasteiger partial charge >= 0.3 is 0 Å². The molecular weight excluding hydrogens is 749 g/mol. The molecule has 15 heteroatoms. The van der Waals surface area contributed by atoms with E-state index in [1.807, 2.05) is 72.8 Å². The van der Waals surface area contributed by atoms with Crippen molar-refractivity contribution in [3.8, 4) is 0 Å². The molecular formula is C44H60N10O5. The van der Waals surface area contributed by atoms with Crippen molar-refractivity contribution < 1.29 is 23.9 Å². The van der Waals surface area contributed by atoms with Crippen LogP contribution in [0.25, 0.3) is 0 Å². The third kappa shape index (κ3) is 19.2. The van der Waals surface area contributed by atoms with Crippen LogP contribution >= 0.6 is 0 Å². The van der Waals surface area contributed by atoms with Gasteiger partial charge in [0.1, 0.15) is 12.6 Å². The van der Waals surface area contributed by atoms with E-state index in [1.54, 1.807) is 24.8 Å². The first-order valence-corrected chi connectivity index (χ1v) is 20.4. The molecule has 2 unspecified atom stereocenters. The molecule has 0 radical (unpaired) electrons. The molecule has 4 heterocycles. The number of hydrogen-bond acceptors (Lipinski definition) is 12. The van der Waals surface area contributed by atoms with Gasteiger partial charge in [-0.25, -0.2) is 0 Å². The first-order chi connectivity index (χ1) is 28.8. The highest BCUT2D eigenvalue weighted by molar-refractivity contribution is 5.92. The van der Waals surface area contributed by atoms with E-state index in [1.165, 1.54) is 7.11 Å². The van der Waals surface area contributed by atoms with Crippen LogP contribution in [0, 0.1) is 0 Å². The van der Waals surface area contributed by atoms with Crippen molar-refractivity contribution in [2.75, 3.05) is 39.9 Å². The van der Waals surface area contributed by atoms with E-state index in [0.29, 0.717) is 71.4 Å². The van der Waals surface area contributed by atoms with Gasteiger partial charge in [-0.05, 0) is 100 Å². The number of Topliss-reactive ketones (excluding diaryl/α,β-unsaturated/α-hetero) is 1. The van der Waals surface area contributed by atoms with Crippen LogP contribution in [0.3, 0.4) is 0 Å². The zero-order valence-corrected chi connectivity index (χ0v) is 34.2. The minimum Gasteiger partial charge on any atom is -0.375 e. The van der Waals surface area contributed by atoms with Crippen LogP contribution in [0.2, 0.25) is 0 Å². The van der Waals surface area contributed by atoms with E-state index in [9.17, 15) is 19.2 Å². The molecule has 0 fully saturated rings. The normalized spacial score (nSPS) is 12.2. The Balaban J connectivity index is 1.30. The largest absolute Gasteiger partial charge is 0.375 e. The number of methoxy groups -OCH3 is 1. The van der Waals surface area contributed by atoms with E-state index in [0.717, 1.165) is 42.2 Å². The molecule has 0 aliphatic heterocycles. The quantitative estimate of drug-likeness (QED) is 0.0585. The molecule has 0 spiro atoms. The number of pyridine rings is 4. The van der Waals surface area contributed by atoms with Gasteiger partial charge in [-0.2, -0.15) is 0 Å². The molecule has 2 atom stereocenters. The second kappa shape index (κ2) is 27.3. The molecule has 0 aliphatic carbocycles. The number of aromatic nitrogens is 4. The standard InChI is InChI=1S/C44H60N10O5/c1-59-34-42(56)50-26-14-19-39(55)29-51-44(58)41(21-7-13-28-54(32-37-17-4-10-24-48-37)33-38-18-5-11-25-49-38)52-43(57)40(45)20-6-12-27-53(30-35-15-2-8-22-46-35)31-36-16-3-9-23-47-36/h2-5,8-11,15-18,22-25,40-41H,6-7,12-14,19-21,26-34,45H2,1H3,(H,50,56)(H,51,58)(H,52,57). The summed E-state index contributed by atoms with van der Waals surface area (Å²) >= 11 is 0. The summed E-state index contributed by atoms with van der Waals surface area (Å²) in [6, 6.07) is 21.7. The Bertz CT molecular complexity index is 1710. The molecule has 4 aromatic heterocycles. The fourth-order valence-corrected chi connectivity index (χ4v) is 6.47. The second-order valence-corrected chi connectivity index (χ2v) is 14.5. The van der Waals surface area contributed by atoms with Gasteiger partial charge in [0.25, 0.3) is 0 Å². The number of ketones is 1. The lowest BCUT2D eigenvalue weighted by atomic mass is 10.1. The second-order valence-electron chi connectivity index (χ2n) is 14.5. The van der Waals surface area contributed by atoms with Crippen LogP contribution in [0.4, 0.5) is 0 Å². The van der Waals surface area contributed by atoms with Gasteiger partial charge in [-0.15, -0.1) is 0 Å². The number of amides is 3. The first kappa shape index (κ1) is 46.2. The first-order valence-electron chi connectivity index (χ1n) is 20.4. The Morgan fingerprint density at radius 3 is 1.54 bits per heavy atom. The van der Waals surface area contributed by atoms with E-state index >= 15 is 0 Å². The van der Waals surface area contributed by atoms with Crippen molar-refractivity contribution in [3.05, 3.63) is 120 Å². The maximum absolute atomic E-state index is 13.5. The molecule has 0 saturated heterocycles. The molecule has 4 aromatic rings. The Morgan fingerprint density at radius 2 is 1.10 bits per heavy atom. The number of rotatable bonds is 29. The lowest BCUT2D eigenvalue weighted by molar-refractivity contribution is -0.130. The molecule has 0 bridgehead atoms. The van der Waals surface area contributed by atoms with Crippen LogP contribution in [0.1, 0.15) is 74.1 Å². The average molecular weight is 809 g/mol. The summed E-state index contributed by atoms with van der Waals surface area (Å²) in [6.45, 7) is 4.16. The van der Waals surface area contributed by atoms with Gasteiger partial charge in [0.05, 0.1) is 35.4 Å². The summed E-state index contributed by atoms with van der Waals surface area (Å²) in [7, 11) is 1.43. The minimum absolute atomic E-state index is 0.0504. The zero-order chi connectivity index (χ0) is 41.9. The zero-order valence-electron chi connectivity index (χ0n) is 34.2. The number of nitrogens with zero attached hydrogens (tertiary/aromatic N) is 6. The lowest BCUT2D eigenvalue weighted by Crippen LogP contribution is -2.52. The summed E-state index contributed by atoms with van der Waals surface area (Å²) in [5.74, 6) is -1.29. The predicted octanol–water partition coefficient (Wildman–Crippen LogP) is 3.35. The third-order valence-electron chi connectivity index (χ3n) is 9.56. The fraction of sp³-hybridized carbons (Fsp3) is 0.455. The average Bonchev–Trinajstić information content (AvgIpc) is 3.25. The molecule has 59 heavy (non-hydrogen) atoms. The van der Waals surface area contributed by atoms with Crippen LogP contribution in [0.15, 0.2) is 97.6 Å². The molecule has 5 N–H and O–H groups in total. The minimum atomic E-state index is -0.873. The van der Waals surface area contributed by atoms with E-state index in [4.69, 9.17) is 10.5 Å². The molecule has 316 valence electrons. The Kier molecular flexibility index (Phi) is 21.3. The van der Waals surface area contributed by atoms with E-state index in [-0.39, 0.29) is 31.3 Å². The van der Waals surface area contributed by atoms with Gasteiger partial charge in [0.15, 0.2) is 5.78 Å². The Labute approximate surface area is 348 Å². The van der Waals surface area contributed by atoms with Gasteiger partial charge in [-0.1, -0.05) is 30.7 Å². The topological polar surface area (TPSA) is 198 Å². The molecule has 15 nitrogen and oxygen atoms in total. The van der Waals surface area contributed by atoms with Crippen LogP contribution in [0.5, 0.6) is 0 Å². The van der Waals surface area contributed by atoms with Gasteiger partial charge in [0, 0.05) is 71.0 Å². The molecule has 0 aliphatic rings. The predicted molar refractivity (Wildman–Crippen MR) is 225 cm³/mol. The monoisotopic (exact) mass is 808 g/mol. The number of unbranched alkanes of at least 4 members (excludes halogenated alkanes) is 2. The maximum atomic E-state index is 13.5. The van der Waals surface area contributed by atoms with Crippen LogP contribution < -0.4 is 21.7 Å². The smallest absolute Gasteiger partial charge is 0.245 e. The van der Waals surface area contributed by atoms with Crippen molar-refractivity contribution >= 4 is 23.5 Å². The number of nitrogens with one attached hydrogen (secondary N) is 3. The summed E-state index contributed by atoms with van der Waals surface area (Å²) in [5, 5.41) is 8.29. The van der Waals surface area contributed by atoms with Gasteiger partial charge < -0.3 is 26.4 Å². The van der Waals surface area contributed by atoms with Gasteiger partial charge in [0.2, 0.25) is 17.7 Å². The van der Waals surface area contributed by atoms with Crippen LogP contribution in [-0.2, 0) is 50.1 Å². The van der Waals surface area contributed by atoms with Crippen LogP contribution in [-0.4, -0.2) is 105 Å². The number of nitrogens with two attached hydrogens (primary N) is 1. The van der Waals surface area contributed by atoms with Crippen molar-refractivity contribution in [2.24, 2.45) is 5.73 Å². The SMILES string of the molecule is COCC(=O)NCCCC(=O)CNC(=O)C(CCCCN(Cc1ccccn1)Cc1ccccn1)NC(=O)C(N)CCCCN(Cc1ccccn1)Cc1ccccn1. The Hall–Kier alpha value is -5.48. The molecule has 3 amide bonds.